The summed E-state index contributed by atoms with van der Waals surface area (Å²) >= 11 is 5.61. The van der Waals surface area contributed by atoms with Gasteiger partial charge in [0.2, 0.25) is 0 Å². The van der Waals surface area contributed by atoms with E-state index in [1.807, 2.05) is 12.1 Å². The molecule has 0 bridgehead atoms. The Morgan fingerprint density at radius 2 is 1.91 bits per heavy atom. The number of ether oxygens (including phenoxy) is 1. The molecule has 0 atom stereocenters. The van der Waals surface area contributed by atoms with Gasteiger partial charge in [-0.25, -0.2) is 0 Å². The lowest BCUT2D eigenvalue weighted by molar-refractivity contribution is 0.249. The fourth-order valence-corrected chi connectivity index (χ4v) is 3.55. The highest BCUT2D eigenvalue weighted by Gasteiger charge is 2.21. The third-order valence-electron chi connectivity index (χ3n) is 4.47. The van der Waals surface area contributed by atoms with Crippen LogP contribution in [0.15, 0.2) is 24.3 Å². The maximum Gasteiger partial charge on any atom is 0.169 e. The van der Waals surface area contributed by atoms with Gasteiger partial charge in [0.1, 0.15) is 5.75 Å². The predicted molar refractivity (Wildman–Crippen MR) is 96.6 cm³/mol. The van der Waals surface area contributed by atoms with Crippen LogP contribution in [0.4, 0.5) is 0 Å². The molecule has 1 aromatic rings. The van der Waals surface area contributed by atoms with Gasteiger partial charge in [0, 0.05) is 19.1 Å². The topological polar surface area (TPSA) is 24.5 Å². The lowest BCUT2D eigenvalue weighted by Gasteiger charge is -2.35. The summed E-state index contributed by atoms with van der Waals surface area (Å²) in [5.41, 5.74) is 1.30. The first-order valence-electron chi connectivity index (χ1n) is 8.42. The summed E-state index contributed by atoms with van der Waals surface area (Å²) < 4.78 is 5.18. The zero-order valence-corrected chi connectivity index (χ0v) is 14.6. The Balaban J connectivity index is 1.77. The second-order valence-corrected chi connectivity index (χ2v) is 6.29. The van der Waals surface area contributed by atoms with Crippen molar-refractivity contribution in [3.05, 3.63) is 29.8 Å². The van der Waals surface area contributed by atoms with E-state index in [1.165, 1.54) is 37.7 Å². The molecule has 1 N–H and O–H groups in total. The zero-order chi connectivity index (χ0) is 15.8. The van der Waals surface area contributed by atoms with E-state index in [0.29, 0.717) is 6.04 Å². The van der Waals surface area contributed by atoms with Gasteiger partial charge in [-0.1, -0.05) is 31.4 Å². The fraction of sp³-hybridized carbons (Fsp3) is 0.611. The maximum atomic E-state index is 5.61. The predicted octanol–water partition coefficient (Wildman–Crippen LogP) is 3.77. The number of nitrogens with one attached hydrogen (secondary N) is 1. The molecule has 0 spiro atoms. The van der Waals surface area contributed by atoms with Crippen molar-refractivity contribution >= 4 is 17.3 Å². The van der Waals surface area contributed by atoms with E-state index in [4.69, 9.17) is 17.0 Å². The van der Waals surface area contributed by atoms with Crippen molar-refractivity contribution in [2.24, 2.45) is 0 Å². The molecule has 22 heavy (non-hydrogen) atoms. The highest BCUT2D eigenvalue weighted by atomic mass is 32.1. The Labute approximate surface area is 140 Å². The summed E-state index contributed by atoms with van der Waals surface area (Å²) in [5, 5.41) is 4.35. The molecular weight excluding hydrogens is 292 g/mol. The van der Waals surface area contributed by atoms with E-state index in [-0.39, 0.29) is 0 Å². The number of rotatable bonds is 6. The molecule has 0 aliphatic heterocycles. The molecule has 1 aromatic carbocycles. The van der Waals surface area contributed by atoms with Gasteiger partial charge in [-0.05, 0) is 56.1 Å². The maximum absolute atomic E-state index is 5.61. The van der Waals surface area contributed by atoms with Crippen molar-refractivity contribution in [3.63, 3.8) is 0 Å². The first kappa shape index (κ1) is 17.1. The van der Waals surface area contributed by atoms with Crippen LogP contribution in [-0.2, 0) is 6.42 Å². The van der Waals surface area contributed by atoms with Gasteiger partial charge in [0.15, 0.2) is 5.11 Å². The van der Waals surface area contributed by atoms with Crippen LogP contribution in [0.1, 0.15) is 44.6 Å². The molecule has 1 aliphatic carbocycles. The molecule has 0 heterocycles. The summed E-state index contributed by atoms with van der Waals surface area (Å²) in [7, 11) is 1.69. The molecule has 1 aliphatic rings. The minimum Gasteiger partial charge on any atom is -0.497 e. The summed E-state index contributed by atoms with van der Waals surface area (Å²) in [6.07, 6.45) is 7.62. The van der Waals surface area contributed by atoms with Gasteiger partial charge in [0.05, 0.1) is 7.11 Å². The number of hydrogen-bond acceptors (Lipinski definition) is 2. The second kappa shape index (κ2) is 8.99. The van der Waals surface area contributed by atoms with E-state index in [9.17, 15) is 0 Å². The Morgan fingerprint density at radius 3 is 2.50 bits per heavy atom. The average Bonchev–Trinajstić information content (AvgIpc) is 2.57. The molecule has 1 fully saturated rings. The van der Waals surface area contributed by atoms with Gasteiger partial charge < -0.3 is 15.0 Å². The molecule has 0 amide bonds. The molecule has 0 radical (unpaired) electrons. The number of nitrogens with zero attached hydrogens (tertiary/aromatic N) is 1. The lowest BCUT2D eigenvalue weighted by Crippen LogP contribution is -2.47. The standard InChI is InChI=1S/C18H28N2OS/c1-3-20(16-7-5-4-6-8-16)18(22)19-14-13-15-9-11-17(21-2)12-10-15/h9-12,16H,3-8,13-14H2,1-2H3,(H,19,22). The Bertz CT molecular complexity index is 455. The van der Waals surface area contributed by atoms with Crippen molar-refractivity contribution in [1.29, 1.82) is 0 Å². The van der Waals surface area contributed by atoms with Crippen molar-refractivity contribution < 1.29 is 4.74 Å². The summed E-state index contributed by atoms with van der Waals surface area (Å²) in [4.78, 5) is 2.38. The van der Waals surface area contributed by atoms with Gasteiger partial charge in [-0.2, -0.15) is 0 Å². The van der Waals surface area contributed by atoms with E-state index in [1.54, 1.807) is 7.11 Å². The second-order valence-electron chi connectivity index (χ2n) is 5.91. The molecule has 2 rings (SSSR count). The van der Waals surface area contributed by atoms with Crippen LogP contribution < -0.4 is 10.1 Å². The molecular formula is C18H28N2OS. The summed E-state index contributed by atoms with van der Waals surface area (Å²) in [6, 6.07) is 8.88. The number of benzene rings is 1. The third kappa shape index (κ3) is 4.87. The fourth-order valence-electron chi connectivity index (χ4n) is 3.17. The molecule has 4 heteroatoms. The Kier molecular flexibility index (Phi) is 6.97. The van der Waals surface area contributed by atoms with Gasteiger partial charge >= 0.3 is 0 Å². The van der Waals surface area contributed by atoms with E-state index in [0.717, 1.165) is 30.4 Å². The molecule has 0 aromatic heterocycles. The van der Waals surface area contributed by atoms with Crippen molar-refractivity contribution in [2.45, 2.75) is 51.5 Å². The summed E-state index contributed by atoms with van der Waals surface area (Å²) in [6.45, 7) is 4.08. The summed E-state index contributed by atoms with van der Waals surface area (Å²) in [5.74, 6) is 0.904. The van der Waals surface area contributed by atoms with Crippen molar-refractivity contribution in [2.75, 3.05) is 20.2 Å². The van der Waals surface area contributed by atoms with Crippen LogP contribution >= 0.6 is 12.2 Å². The first-order chi connectivity index (χ1) is 10.7. The van der Waals surface area contributed by atoms with Crippen molar-refractivity contribution in [3.8, 4) is 5.75 Å². The van der Waals surface area contributed by atoms with Gasteiger partial charge in [0.25, 0.3) is 0 Å². The molecule has 0 unspecified atom stereocenters. The van der Waals surface area contributed by atoms with Gasteiger partial charge in [-0.3, -0.25) is 0 Å². The molecule has 3 nitrogen and oxygen atoms in total. The Morgan fingerprint density at radius 1 is 1.23 bits per heavy atom. The highest BCUT2D eigenvalue weighted by Crippen LogP contribution is 2.22. The van der Waals surface area contributed by atoms with E-state index in [2.05, 4.69) is 29.3 Å². The monoisotopic (exact) mass is 320 g/mol. The average molecular weight is 321 g/mol. The van der Waals surface area contributed by atoms with Crippen LogP contribution in [0.2, 0.25) is 0 Å². The molecule has 122 valence electrons. The first-order valence-corrected chi connectivity index (χ1v) is 8.82. The molecule has 1 saturated carbocycles. The van der Waals surface area contributed by atoms with Crippen molar-refractivity contribution in [1.82, 2.24) is 10.2 Å². The number of methoxy groups -OCH3 is 1. The van der Waals surface area contributed by atoms with Crippen LogP contribution in [-0.4, -0.2) is 36.3 Å². The lowest BCUT2D eigenvalue weighted by atomic mass is 9.94. The number of thiocarbonyl (C=S) groups is 1. The quantitative estimate of drug-likeness (QED) is 0.807. The molecule has 0 saturated heterocycles. The smallest absolute Gasteiger partial charge is 0.169 e. The van der Waals surface area contributed by atoms with E-state index >= 15 is 0 Å². The third-order valence-corrected chi connectivity index (χ3v) is 4.84. The van der Waals surface area contributed by atoms with Crippen LogP contribution in [0.5, 0.6) is 5.75 Å². The van der Waals surface area contributed by atoms with E-state index < -0.39 is 0 Å². The normalized spacial score (nSPS) is 15.4. The zero-order valence-electron chi connectivity index (χ0n) is 13.8. The van der Waals surface area contributed by atoms with Crippen LogP contribution in [0.3, 0.4) is 0 Å². The highest BCUT2D eigenvalue weighted by molar-refractivity contribution is 7.80. The SMILES string of the molecule is CCN(C(=S)NCCc1ccc(OC)cc1)C1CCCCC1. The number of hydrogen-bond donors (Lipinski definition) is 1. The van der Waals surface area contributed by atoms with Crippen LogP contribution in [0, 0.1) is 0 Å². The van der Waals surface area contributed by atoms with Crippen LogP contribution in [0.25, 0.3) is 0 Å². The Hall–Kier alpha value is -1.29. The van der Waals surface area contributed by atoms with Gasteiger partial charge in [-0.15, -0.1) is 0 Å². The minimum atomic E-state index is 0.639. The minimum absolute atomic E-state index is 0.639. The largest absolute Gasteiger partial charge is 0.497 e.